The summed E-state index contributed by atoms with van der Waals surface area (Å²) in [6.45, 7) is 12.0. The highest BCUT2D eigenvalue weighted by atomic mass is 35.5. The van der Waals surface area contributed by atoms with Crippen LogP contribution in [0.15, 0.2) is 48.9 Å². The summed E-state index contributed by atoms with van der Waals surface area (Å²) < 4.78 is 22.2. The summed E-state index contributed by atoms with van der Waals surface area (Å²) in [5.41, 5.74) is 4.79. The van der Waals surface area contributed by atoms with E-state index in [4.69, 9.17) is 35.8 Å². The van der Waals surface area contributed by atoms with Gasteiger partial charge in [0, 0.05) is 39.1 Å². The molecule has 4 heterocycles. The minimum absolute atomic E-state index is 0.417. The minimum Gasteiger partial charge on any atom is -0.456 e. The largest absolute Gasteiger partial charge is 0.456 e. The Balaban J connectivity index is 1.10. The van der Waals surface area contributed by atoms with E-state index in [1.807, 2.05) is 54.3 Å². The van der Waals surface area contributed by atoms with Crippen LogP contribution in [0, 0.1) is 18.8 Å². The molecule has 224 valence electrons. The molecule has 2 fully saturated rings. The Morgan fingerprint density at radius 1 is 1.07 bits per heavy atom. The Bertz CT molecular complexity index is 1800. The van der Waals surface area contributed by atoms with Crippen LogP contribution in [0.2, 0.25) is 30.7 Å². The zero-order chi connectivity index (χ0) is 29.7. The fraction of sp³-hybridized carbons (Fsp3) is 0.438. The van der Waals surface area contributed by atoms with Crippen LogP contribution in [0.3, 0.4) is 0 Å². The van der Waals surface area contributed by atoms with E-state index in [0.29, 0.717) is 52.2 Å². The predicted molar refractivity (Wildman–Crippen MR) is 170 cm³/mol. The molecule has 3 atom stereocenters. The molecule has 2 aliphatic rings. The molecule has 1 aliphatic heterocycles. The van der Waals surface area contributed by atoms with Crippen LogP contribution < -0.4 is 4.74 Å². The molecule has 5 aromatic rings. The molecule has 0 N–H and O–H groups in total. The number of benzene rings is 2. The van der Waals surface area contributed by atoms with Gasteiger partial charge in [-0.15, -0.1) is 0 Å². The van der Waals surface area contributed by atoms with Gasteiger partial charge < -0.3 is 18.8 Å². The maximum absolute atomic E-state index is 6.89. The number of ether oxygens (including phenoxy) is 3. The van der Waals surface area contributed by atoms with Gasteiger partial charge in [-0.05, 0) is 61.9 Å². The molecule has 43 heavy (non-hydrogen) atoms. The number of nitrogens with zero attached hydrogens (tertiary/aromatic N) is 6. The van der Waals surface area contributed by atoms with E-state index in [0.717, 1.165) is 60.3 Å². The van der Waals surface area contributed by atoms with E-state index in [1.165, 1.54) is 6.42 Å². The zero-order valence-electron chi connectivity index (χ0n) is 25.1. The summed E-state index contributed by atoms with van der Waals surface area (Å²) in [5.74, 6) is 3.35. The molecule has 2 bridgehead atoms. The summed E-state index contributed by atoms with van der Waals surface area (Å²) in [7, 11) is -1.16. The Morgan fingerprint density at radius 3 is 2.72 bits per heavy atom. The van der Waals surface area contributed by atoms with Gasteiger partial charge in [-0.1, -0.05) is 31.2 Å². The number of aromatic nitrogens is 6. The number of imidazole rings is 1. The first-order valence-electron chi connectivity index (χ1n) is 15.0. The summed E-state index contributed by atoms with van der Waals surface area (Å²) in [5, 5.41) is 5.04. The number of fused-ring (bicyclic) bond motifs is 4. The molecule has 7 rings (SSSR count). The van der Waals surface area contributed by atoms with Crippen LogP contribution in [-0.4, -0.2) is 56.7 Å². The Morgan fingerprint density at radius 2 is 1.93 bits per heavy atom. The van der Waals surface area contributed by atoms with Crippen LogP contribution in [0.1, 0.15) is 18.7 Å². The first kappa shape index (κ1) is 28.5. The molecule has 1 saturated carbocycles. The van der Waals surface area contributed by atoms with Gasteiger partial charge in [0.25, 0.3) is 0 Å². The van der Waals surface area contributed by atoms with E-state index in [9.17, 15) is 0 Å². The lowest BCUT2D eigenvalue weighted by atomic mass is 9.97. The highest BCUT2D eigenvalue weighted by Crippen LogP contribution is 2.41. The van der Waals surface area contributed by atoms with Gasteiger partial charge in [-0.3, -0.25) is 9.67 Å². The third kappa shape index (κ3) is 5.93. The van der Waals surface area contributed by atoms with Crippen LogP contribution >= 0.6 is 11.6 Å². The molecule has 0 radical (unpaired) electrons. The zero-order valence-corrected chi connectivity index (χ0v) is 26.8. The molecule has 3 unspecified atom stereocenters. The number of rotatable bonds is 10. The second-order valence-electron chi connectivity index (χ2n) is 13.1. The highest BCUT2D eigenvalue weighted by Gasteiger charge is 2.40. The third-order valence-electron chi connectivity index (χ3n) is 8.67. The van der Waals surface area contributed by atoms with E-state index in [-0.39, 0.29) is 0 Å². The first-order chi connectivity index (χ1) is 20.7. The van der Waals surface area contributed by atoms with Crippen LogP contribution in [0.4, 0.5) is 0 Å². The molecule has 1 aliphatic carbocycles. The van der Waals surface area contributed by atoms with Gasteiger partial charge >= 0.3 is 0 Å². The van der Waals surface area contributed by atoms with Gasteiger partial charge in [0.15, 0.2) is 0 Å². The number of halogens is 1. The van der Waals surface area contributed by atoms with Crippen LogP contribution in [0.25, 0.3) is 33.3 Å². The van der Waals surface area contributed by atoms with Crippen LogP contribution in [0.5, 0.6) is 11.5 Å². The molecular formula is C32H37ClN6O3Si. The molecule has 3 aromatic heterocycles. The lowest BCUT2D eigenvalue weighted by Crippen LogP contribution is -2.22. The standard InChI is InChI=1S/C32H37ClN6O3Si/c1-20-36-26-6-5-24(13-29(26)39(20)19-40-9-10-43(2,3)4)42-30-8-7-27-32(31(30)33)37-28(15-34-27)23-14-35-38(17-23)16-21-11-25-12-22(21)18-41-25/h5-8,13-15,17,21-22,25H,9-12,16,18-19H2,1-4H3. The van der Waals surface area contributed by atoms with Crippen molar-refractivity contribution in [1.29, 1.82) is 0 Å². The molecule has 0 amide bonds. The minimum atomic E-state index is -1.16. The smallest absolute Gasteiger partial charge is 0.148 e. The van der Waals surface area contributed by atoms with Crippen molar-refractivity contribution < 1.29 is 14.2 Å². The monoisotopic (exact) mass is 616 g/mol. The average Bonchev–Trinajstić information content (AvgIpc) is 3.77. The number of aryl methyl sites for hydroxylation is 1. The van der Waals surface area contributed by atoms with Crippen molar-refractivity contribution in [1.82, 2.24) is 29.3 Å². The summed E-state index contributed by atoms with van der Waals surface area (Å²) in [6.07, 6.45) is 8.41. The summed E-state index contributed by atoms with van der Waals surface area (Å²) >= 11 is 6.89. The lowest BCUT2D eigenvalue weighted by Gasteiger charge is -2.21. The van der Waals surface area contributed by atoms with Gasteiger partial charge in [0.05, 0.1) is 47.3 Å². The van der Waals surface area contributed by atoms with E-state index >= 15 is 0 Å². The Kier molecular flexibility index (Phi) is 7.49. The van der Waals surface area contributed by atoms with Crippen molar-refractivity contribution in [2.75, 3.05) is 13.2 Å². The van der Waals surface area contributed by atoms with Crippen molar-refractivity contribution >= 4 is 41.7 Å². The summed E-state index contributed by atoms with van der Waals surface area (Å²) in [4.78, 5) is 14.2. The quantitative estimate of drug-likeness (QED) is 0.120. The third-order valence-corrected chi connectivity index (χ3v) is 10.7. The average molecular weight is 617 g/mol. The second kappa shape index (κ2) is 11.3. The van der Waals surface area contributed by atoms with Crippen molar-refractivity contribution in [3.8, 4) is 22.8 Å². The van der Waals surface area contributed by atoms with E-state index in [1.54, 1.807) is 6.20 Å². The normalized spacial score (nSPS) is 20.1. The SMILES string of the molecule is Cc1nc2ccc(Oc3ccc4ncc(-c5cnn(CC6CC7CC6CO7)c5)nc4c3Cl)cc2n1COCC[Si](C)(C)C. The molecule has 11 heteroatoms. The molecule has 0 spiro atoms. The number of hydrogen-bond acceptors (Lipinski definition) is 7. The van der Waals surface area contributed by atoms with Gasteiger partial charge in [0.2, 0.25) is 0 Å². The Labute approximate surface area is 257 Å². The van der Waals surface area contributed by atoms with Crippen molar-refractivity contribution in [2.24, 2.45) is 11.8 Å². The van der Waals surface area contributed by atoms with Crippen molar-refractivity contribution in [2.45, 2.75) is 64.8 Å². The van der Waals surface area contributed by atoms with Crippen molar-refractivity contribution in [3.05, 3.63) is 59.8 Å². The lowest BCUT2D eigenvalue weighted by molar-refractivity contribution is 0.0472. The molecule has 1 saturated heterocycles. The van der Waals surface area contributed by atoms with Gasteiger partial charge in [-0.25, -0.2) is 9.97 Å². The maximum Gasteiger partial charge on any atom is 0.148 e. The van der Waals surface area contributed by atoms with Crippen molar-refractivity contribution in [3.63, 3.8) is 0 Å². The fourth-order valence-electron chi connectivity index (χ4n) is 6.17. The molecule has 9 nitrogen and oxygen atoms in total. The van der Waals surface area contributed by atoms with Crippen LogP contribution in [-0.2, 0) is 22.7 Å². The maximum atomic E-state index is 6.89. The van der Waals surface area contributed by atoms with E-state index < -0.39 is 8.07 Å². The Hall–Kier alpha value is -3.31. The number of hydrogen-bond donors (Lipinski definition) is 0. The summed E-state index contributed by atoms with van der Waals surface area (Å²) in [6, 6.07) is 10.7. The second-order valence-corrected chi connectivity index (χ2v) is 19.1. The fourth-order valence-corrected chi connectivity index (χ4v) is 7.17. The predicted octanol–water partition coefficient (Wildman–Crippen LogP) is 7.33. The highest BCUT2D eigenvalue weighted by molar-refractivity contribution is 6.76. The molecule has 2 aromatic carbocycles. The molecular weight excluding hydrogens is 580 g/mol. The first-order valence-corrected chi connectivity index (χ1v) is 19.1. The van der Waals surface area contributed by atoms with E-state index in [2.05, 4.69) is 34.3 Å². The van der Waals surface area contributed by atoms with Gasteiger partial charge in [0.1, 0.15) is 34.6 Å². The van der Waals surface area contributed by atoms with Gasteiger partial charge in [-0.2, -0.15) is 5.10 Å². The topological polar surface area (TPSA) is 89.1 Å².